The van der Waals surface area contributed by atoms with E-state index in [4.69, 9.17) is 32.5 Å². The molecule has 0 radical (unpaired) electrons. The molecule has 110 valence electrons. The summed E-state index contributed by atoms with van der Waals surface area (Å²) < 4.78 is 10.1. The Balaban J connectivity index is 1.90. The Kier molecular flexibility index (Phi) is 4.10. The summed E-state index contributed by atoms with van der Waals surface area (Å²) in [5, 5.41) is 4.61. The average Bonchev–Trinajstić information content (AvgIpc) is 2.99. The number of halogens is 2. The Labute approximate surface area is 130 Å². The monoisotopic (exact) mass is 327 g/mol. The minimum absolute atomic E-state index is 0.197. The van der Waals surface area contributed by atoms with E-state index in [0.29, 0.717) is 41.2 Å². The fraction of sp³-hybridized carbons (Fsp3) is 0.308. The number of benzene rings is 1. The van der Waals surface area contributed by atoms with Gasteiger partial charge in [-0.1, -0.05) is 28.4 Å². The molecule has 21 heavy (non-hydrogen) atoms. The SMILES string of the molecule is O=C(c1cc(Cl)cc(Cl)c1)N1CCOC[C@H]1c1ncon1. The van der Waals surface area contributed by atoms with Gasteiger partial charge in [0.1, 0.15) is 6.04 Å². The summed E-state index contributed by atoms with van der Waals surface area (Å²) in [4.78, 5) is 18.3. The number of hydrogen-bond acceptors (Lipinski definition) is 5. The quantitative estimate of drug-likeness (QED) is 0.848. The zero-order valence-corrected chi connectivity index (χ0v) is 12.3. The van der Waals surface area contributed by atoms with Crippen molar-refractivity contribution >= 4 is 29.1 Å². The number of hydrogen-bond donors (Lipinski definition) is 0. The predicted molar refractivity (Wildman–Crippen MR) is 75.4 cm³/mol. The van der Waals surface area contributed by atoms with Gasteiger partial charge in [-0.15, -0.1) is 0 Å². The maximum Gasteiger partial charge on any atom is 0.254 e. The zero-order chi connectivity index (χ0) is 14.8. The minimum Gasteiger partial charge on any atom is -0.377 e. The van der Waals surface area contributed by atoms with Gasteiger partial charge >= 0.3 is 0 Å². The summed E-state index contributed by atoms with van der Waals surface area (Å²) in [6.45, 7) is 1.20. The van der Waals surface area contributed by atoms with E-state index >= 15 is 0 Å². The van der Waals surface area contributed by atoms with E-state index in [-0.39, 0.29) is 11.9 Å². The van der Waals surface area contributed by atoms with E-state index in [9.17, 15) is 4.79 Å². The molecule has 6 nitrogen and oxygen atoms in total. The molecule has 2 aromatic rings. The van der Waals surface area contributed by atoms with Crippen LogP contribution in [-0.4, -0.2) is 40.7 Å². The predicted octanol–water partition coefficient (Wildman–Crippen LogP) is 2.59. The maximum absolute atomic E-state index is 12.7. The third-order valence-corrected chi connectivity index (χ3v) is 3.61. The second-order valence-electron chi connectivity index (χ2n) is 4.54. The van der Waals surface area contributed by atoms with Gasteiger partial charge in [0.15, 0.2) is 5.82 Å². The first-order chi connectivity index (χ1) is 10.1. The van der Waals surface area contributed by atoms with Gasteiger partial charge in [-0.25, -0.2) is 0 Å². The van der Waals surface area contributed by atoms with Crippen molar-refractivity contribution in [3.8, 4) is 0 Å². The van der Waals surface area contributed by atoms with Crippen LogP contribution in [0.15, 0.2) is 29.1 Å². The molecule has 8 heteroatoms. The van der Waals surface area contributed by atoms with Gasteiger partial charge in [-0.2, -0.15) is 4.98 Å². The Morgan fingerprint density at radius 1 is 1.29 bits per heavy atom. The highest BCUT2D eigenvalue weighted by atomic mass is 35.5. The van der Waals surface area contributed by atoms with Crippen molar-refractivity contribution in [2.75, 3.05) is 19.8 Å². The largest absolute Gasteiger partial charge is 0.377 e. The Morgan fingerprint density at radius 2 is 2.05 bits per heavy atom. The molecule has 2 heterocycles. The molecule has 0 bridgehead atoms. The van der Waals surface area contributed by atoms with Crippen LogP contribution in [0.4, 0.5) is 0 Å². The molecule has 1 saturated heterocycles. The Hall–Kier alpha value is -1.63. The zero-order valence-electron chi connectivity index (χ0n) is 10.8. The van der Waals surface area contributed by atoms with Crippen LogP contribution in [0, 0.1) is 0 Å². The van der Waals surface area contributed by atoms with E-state index in [1.165, 1.54) is 6.39 Å². The van der Waals surface area contributed by atoms with Crippen molar-refractivity contribution in [3.05, 3.63) is 46.0 Å². The van der Waals surface area contributed by atoms with Gasteiger partial charge in [0.05, 0.1) is 13.2 Å². The van der Waals surface area contributed by atoms with Crippen LogP contribution in [0.25, 0.3) is 0 Å². The van der Waals surface area contributed by atoms with Crippen molar-refractivity contribution in [2.45, 2.75) is 6.04 Å². The molecule has 1 aromatic carbocycles. The normalized spacial score (nSPS) is 18.8. The van der Waals surface area contributed by atoms with Crippen LogP contribution in [0.2, 0.25) is 10.0 Å². The van der Waals surface area contributed by atoms with Gasteiger partial charge < -0.3 is 14.2 Å². The summed E-state index contributed by atoms with van der Waals surface area (Å²) in [7, 11) is 0. The molecule has 0 spiro atoms. The van der Waals surface area contributed by atoms with Crippen LogP contribution < -0.4 is 0 Å². The third-order valence-electron chi connectivity index (χ3n) is 3.18. The Morgan fingerprint density at radius 3 is 2.71 bits per heavy atom. The highest BCUT2D eigenvalue weighted by molar-refractivity contribution is 6.35. The molecule has 3 rings (SSSR count). The van der Waals surface area contributed by atoms with Gasteiger partial charge in [-0.3, -0.25) is 4.79 Å². The van der Waals surface area contributed by atoms with Gasteiger partial charge in [-0.05, 0) is 18.2 Å². The minimum atomic E-state index is -0.386. The van der Waals surface area contributed by atoms with Crippen LogP contribution >= 0.6 is 23.2 Å². The number of amides is 1. The first-order valence-corrected chi connectivity index (χ1v) is 7.02. The van der Waals surface area contributed by atoms with Crippen LogP contribution in [0.3, 0.4) is 0 Å². The summed E-state index contributed by atoms with van der Waals surface area (Å²) in [5.41, 5.74) is 0.419. The molecule has 0 unspecified atom stereocenters. The van der Waals surface area contributed by atoms with Gasteiger partial charge in [0.2, 0.25) is 6.39 Å². The summed E-state index contributed by atoms with van der Waals surface area (Å²) in [6.07, 6.45) is 1.23. The molecule has 1 fully saturated rings. The molecular weight excluding hydrogens is 317 g/mol. The highest BCUT2D eigenvalue weighted by Gasteiger charge is 2.32. The maximum atomic E-state index is 12.7. The summed E-state index contributed by atoms with van der Waals surface area (Å²) in [6, 6.07) is 4.36. The molecule has 1 atom stereocenters. The fourth-order valence-electron chi connectivity index (χ4n) is 2.23. The second kappa shape index (κ2) is 6.01. The summed E-state index contributed by atoms with van der Waals surface area (Å²) in [5.74, 6) is 0.216. The van der Waals surface area contributed by atoms with Crippen molar-refractivity contribution in [1.29, 1.82) is 0 Å². The third kappa shape index (κ3) is 3.02. The van der Waals surface area contributed by atoms with Crippen LogP contribution in [0.1, 0.15) is 22.2 Å². The number of morpholine rings is 1. The van der Waals surface area contributed by atoms with Crippen molar-refractivity contribution in [2.24, 2.45) is 0 Å². The first-order valence-electron chi connectivity index (χ1n) is 6.26. The number of carbonyl (C=O) groups excluding carboxylic acids is 1. The fourth-order valence-corrected chi connectivity index (χ4v) is 2.76. The molecule has 1 amide bonds. The highest BCUT2D eigenvalue weighted by Crippen LogP contribution is 2.26. The van der Waals surface area contributed by atoms with Crippen LogP contribution in [0.5, 0.6) is 0 Å². The average molecular weight is 328 g/mol. The van der Waals surface area contributed by atoms with E-state index in [1.807, 2.05) is 0 Å². The lowest BCUT2D eigenvalue weighted by atomic mass is 10.1. The van der Waals surface area contributed by atoms with Gasteiger partial charge in [0.25, 0.3) is 5.91 Å². The number of carbonyl (C=O) groups is 1. The lowest BCUT2D eigenvalue weighted by Crippen LogP contribution is -2.43. The number of ether oxygens (including phenoxy) is 1. The van der Waals surface area contributed by atoms with Gasteiger partial charge in [0, 0.05) is 22.2 Å². The number of rotatable bonds is 2. The Bertz CT molecular complexity index is 628. The second-order valence-corrected chi connectivity index (χ2v) is 5.41. The molecular formula is C13H11Cl2N3O3. The van der Waals surface area contributed by atoms with E-state index in [1.54, 1.807) is 23.1 Å². The number of aromatic nitrogens is 2. The van der Waals surface area contributed by atoms with Crippen molar-refractivity contribution in [3.63, 3.8) is 0 Å². The molecule has 1 aromatic heterocycles. The number of nitrogens with zero attached hydrogens (tertiary/aromatic N) is 3. The molecule has 0 aliphatic carbocycles. The van der Waals surface area contributed by atoms with E-state index in [2.05, 4.69) is 10.1 Å². The lowest BCUT2D eigenvalue weighted by molar-refractivity contribution is -0.00576. The first kappa shape index (κ1) is 14.3. The van der Waals surface area contributed by atoms with E-state index < -0.39 is 0 Å². The molecule has 0 saturated carbocycles. The standard InChI is InChI=1S/C13H11Cl2N3O3/c14-9-3-8(4-10(15)5-9)13(19)18-1-2-20-6-11(18)12-16-7-21-17-12/h3-5,7,11H,1-2,6H2/t11-/m0/s1. The molecule has 1 aliphatic heterocycles. The lowest BCUT2D eigenvalue weighted by Gasteiger charge is -2.33. The molecule has 1 aliphatic rings. The van der Waals surface area contributed by atoms with Crippen molar-refractivity contribution < 1.29 is 14.1 Å². The topological polar surface area (TPSA) is 68.5 Å². The van der Waals surface area contributed by atoms with Crippen molar-refractivity contribution in [1.82, 2.24) is 15.0 Å². The van der Waals surface area contributed by atoms with E-state index in [0.717, 1.165) is 0 Å². The van der Waals surface area contributed by atoms with Crippen LogP contribution in [-0.2, 0) is 4.74 Å². The smallest absolute Gasteiger partial charge is 0.254 e. The molecule has 0 N–H and O–H groups in total. The summed E-state index contributed by atoms with van der Waals surface area (Å²) >= 11 is 11.9.